The van der Waals surface area contributed by atoms with Crippen molar-refractivity contribution in [3.05, 3.63) is 29.3 Å². The first-order chi connectivity index (χ1) is 9.15. The van der Waals surface area contributed by atoms with Crippen LogP contribution in [0, 0.1) is 0 Å². The van der Waals surface area contributed by atoms with Gasteiger partial charge in [0.05, 0.1) is 21.3 Å². The summed E-state index contributed by atoms with van der Waals surface area (Å²) in [5, 5.41) is 2.57. The van der Waals surface area contributed by atoms with Crippen LogP contribution in [0.15, 0.2) is 18.2 Å². The summed E-state index contributed by atoms with van der Waals surface area (Å²) < 4.78 is 15.0. The third-order valence-corrected chi connectivity index (χ3v) is 2.54. The fraction of sp³-hybridized carbons (Fsp3) is 0.308. The highest BCUT2D eigenvalue weighted by Crippen LogP contribution is 2.31. The maximum Gasteiger partial charge on any atom is 0.330 e. The maximum absolute atomic E-state index is 11.1. The Morgan fingerprint density at radius 1 is 1.26 bits per heavy atom. The summed E-state index contributed by atoms with van der Waals surface area (Å²) in [6, 6.07) is 3.57. The topological polar surface area (TPSA) is 56.8 Å². The fourth-order valence-electron chi connectivity index (χ4n) is 1.58. The lowest BCUT2D eigenvalue weighted by Gasteiger charge is -2.13. The first-order valence-electron chi connectivity index (χ1n) is 5.60. The number of methoxy groups -OCH3 is 3. The molecule has 0 aliphatic carbocycles. The van der Waals surface area contributed by atoms with E-state index in [1.54, 1.807) is 32.4 Å². The van der Waals surface area contributed by atoms with Gasteiger partial charge in [0.25, 0.3) is 0 Å². The van der Waals surface area contributed by atoms with Crippen LogP contribution in [0.25, 0.3) is 6.08 Å². The molecule has 0 spiro atoms. The highest BCUT2D eigenvalue weighted by Gasteiger charge is 2.09. The van der Waals surface area contributed by atoms with Crippen molar-refractivity contribution < 1.29 is 19.0 Å². The Labute approximate surface area is 114 Å². The van der Waals surface area contributed by atoms with Crippen LogP contribution >= 0.6 is 0 Å². The molecule has 1 aromatic rings. The van der Waals surface area contributed by atoms with Gasteiger partial charge in [-0.15, -0.1) is 0 Å². The summed E-state index contributed by atoms with van der Waals surface area (Å²) in [5.41, 5.74) is 1.67. The van der Waals surface area contributed by atoms with Gasteiger partial charge in [-0.1, -0.05) is 0 Å². The first-order valence-corrected chi connectivity index (χ1v) is 5.60. The number of nitrogens with one attached hydrogen (secondary N) is 1. The zero-order chi connectivity index (χ0) is 14.3. The van der Waals surface area contributed by atoms with E-state index in [0.29, 0.717) is 18.0 Å². The minimum atomic E-state index is -0.429. The standard InChI is InChI=1S/C13H16BNO4/c1-17-11-6-9(4-5-13(16)19-3)10(8-15-14)7-12(11)18-2/h4-7,15H,8H2,1-3H3/b5-4+. The molecule has 5 nitrogen and oxygen atoms in total. The summed E-state index contributed by atoms with van der Waals surface area (Å²) >= 11 is 0. The summed E-state index contributed by atoms with van der Waals surface area (Å²) in [7, 11) is 9.76. The first kappa shape index (κ1) is 15.1. The Morgan fingerprint density at radius 3 is 2.42 bits per heavy atom. The van der Waals surface area contributed by atoms with Crippen molar-refractivity contribution in [2.24, 2.45) is 0 Å². The zero-order valence-electron chi connectivity index (χ0n) is 11.2. The van der Waals surface area contributed by atoms with Gasteiger partial charge in [0.1, 0.15) is 0 Å². The molecule has 0 saturated heterocycles. The SMILES string of the molecule is [B]NCc1cc(OC)c(OC)cc1/C=C/C(=O)OC. The molecule has 6 heteroatoms. The molecule has 2 radical (unpaired) electrons. The molecule has 0 aliphatic heterocycles. The molecule has 1 N–H and O–H groups in total. The molecule has 19 heavy (non-hydrogen) atoms. The average molecular weight is 261 g/mol. The Bertz CT molecular complexity index is 474. The second-order valence-corrected chi connectivity index (χ2v) is 3.64. The van der Waals surface area contributed by atoms with Gasteiger partial charge >= 0.3 is 5.97 Å². The number of esters is 1. The van der Waals surface area contributed by atoms with Crippen molar-refractivity contribution in [3.8, 4) is 11.5 Å². The molecule has 0 saturated carbocycles. The summed E-state index contributed by atoms with van der Waals surface area (Å²) in [5.74, 6) is 0.747. The van der Waals surface area contributed by atoms with Crippen LogP contribution in [-0.2, 0) is 16.1 Å². The average Bonchev–Trinajstić information content (AvgIpc) is 2.45. The van der Waals surface area contributed by atoms with Gasteiger partial charge in [0, 0.05) is 12.6 Å². The van der Waals surface area contributed by atoms with Crippen molar-refractivity contribution in [1.29, 1.82) is 0 Å². The molecule has 1 rings (SSSR count). The van der Waals surface area contributed by atoms with E-state index in [-0.39, 0.29) is 0 Å². The van der Waals surface area contributed by atoms with Crippen LogP contribution in [0.3, 0.4) is 0 Å². The Balaban J connectivity index is 3.18. The number of hydrogen-bond acceptors (Lipinski definition) is 5. The minimum Gasteiger partial charge on any atom is -0.493 e. The highest BCUT2D eigenvalue weighted by atomic mass is 16.5. The van der Waals surface area contributed by atoms with E-state index in [4.69, 9.17) is 17.5 Å². The van der Waals surface area contributed by atoms with Crippen molar-refractivity contribution in [2.75, 3.05) is 21.3 Å². The molecular weight excluding hydrogens is 245 g/mol. The second-order valence-electron chi connectivity index (χ2n) is 3.64. The number of hydrogen-bond donors (Lipinski definition) is 1. The quantitative estimate of drug-likeness (QED) is 0.471. The molecule has 0 unspecified atom stereocenters. The van der Waals surface area contributed by atoms with Gasteiger partial charge in [-0.05, 0) is 29.3 Å². The van der Waals surface area contributed by atoms with E-state index in [9.17, 15) is 4.79 Å². The molecule has 0 aliphatic rings. The van der Waals surface area contributed by atoms with Crippen LogP contribution in [0.5, 0.6) is 11.5 Å². The number of ether oxygens (including phenoxy) is 3. The molecule has 1 aromatic carbocycles. The second kappa shape index (κ2) is 7.48. The van der Waals surface area contributed by atoms with Crippen LogP contribution in [0.4, 0.5) is 0 Å². The van der Waals surface area contributed by atoms with Gasteiger partial charge in [0.2, 0.25) is 0 Å². The van der Waals surface area contributed by atoms with Crippen molar-refractivity contribution >= 4 is 20.0 Å². The van der Waals surface area contributed by atoms with E-state index in [2.05, 4.69) is 9.96 Å². The number of rotatable bonds is 6. The normalized spacial score (nSPS) is 10.5. The van der Waals surface area contributed by atoms with Gasteiger partial charge in [-0.25, -0.2) is 4.79 Å². The summed E-state index contributed by atoms with van der Waals surface area (Å²) in [6.45, 7) is 0.432. The molecule has 0 amide bonds. The fourth-order valence-corrected chi connectivity index (χ4v) is 1.58. The Hall–Kier alpha value is -1.95. The van der Waals surface area contributed by atoms with E-state index in [1.165, 1.54) is 13.2 Å². The lowest BCUT2D eigenvalue weighted by atomic mass is 10.0. The predicted octanol–water partition coefficient (Wildman–Crippen LogP) is 1.06. The minimum absolute atomic E-state index is 0.429. The molecule has 100 valence electrons. The molecule has 0 fully saturated rings. The van der Waals surface area contributed by atoms with Gasteiger partial charge < -0.3 is 19.4 Å². The van der Waals surface area contributed by atoms with E-state index >= 15 is 0 Å². The van der Waals surface area contributed by atoms with Crippen LogP contribution in [0.1, 0.15) is 11.1 Å². The maximum atomic E-state index is 11.1. The largest absolute Gasteiger partial charge is 0.493 e. The van der Waals surface area contributed by atoms with E-state index in [0.717, 1.165) is 11.1 Å². The summed E-state index contributed by atoms with van der Waals surface area (Å²) in [4.78, 5) is 11.1. The van der Waals surface area contributed by atoms with E-state index in [1.807, 2.05) is 0 Å². The van der Waals surface area contributed by atoms with Crippen molar-refractivity contribution in [2.45, 2.75) is 6.54 Å². The third kappa shape index (κ3) is 4.03. The predicted molar refractivity (Wildman–Crippen MR) is 73.2 cm³/mol. The lowest BCUT2D eigenvalue weighted by molar-refractivity contribution is -0.134. The highest BCUT2D eigenvalue weighted by molar-refractivity contribution is 6.04. The molecule has 0 bridgehead atoms. The van der Waals surface area contributed by atoms with Crippen LogP contribution in [-0.4, -0.2) is 35.3 Å². The van der Waals surface area contributed by atoms with Crippen molar-refractivity contribution in [1.82, 2.24) is 5.23 Å². The Kier molecular flexibility index (Phi) is 5.95. The van der Waals surface area contributed by atoms with Crippen molar-refractivity contribution in [3.63, 3.8) is 0 Å². The molecule has 0 heterocycles. The summed E-state index contributed by atoms with van der Waals surface area (Å²) in [6.07, 6.45) is 2.97. The Morgan fingerprint density at radius 2 is 1.89 bits per heavy atom. The molecule has 0 aromatic heterocycles. The molecule has 0 atom stereocenters. The monoisotopic (exact) mass is 261 g/mol. The lowest BCUT2D eigenvalue weighted by Crippen LogP contribution is -2.09. The van der Waals surface area contributed by atoms with E-state index < -0.39 is 5.97 Å². The van der Waals surface area contributed by atoms with Crippen LogP contribution in [0.2, 0.25) is 0 Å². The smallest absolute Gasteiger partial charge is 0.330 e. The number of carbonyl (C=O) groups is 1. The number of benzene rings is 1. The van der Waals surface area contributed by atoms with Gasteiger partial charge in [0.15, 0.2) is 19.5 Å². The van der Waals surface area contributed by atoms with Gasteiger partial charge in [-0.2, -0.15) is 0 Å². The van der Waals surface area contributed by atoms with Crippen LogP contribution < -0.4 is 14.7 Å². The third-order valence-electron chi connectivity index (χ3n) is 2.54. The zero-order valence-corrected chi connectivity index (χ0v) is 11.2. The molecular formula is C13H16BNO4. The number of carbonyl (C=O) groups excluding carboxylic acids is 1. The van der Waals surface area contributed by atoms with Gasteiger partial charge in [-0.3, -0.25) is 0 Å².